The van der Waals surface area contributed by atoms with E-state index < -0.39 is 0 Å². The van der Waals surface area contributed by atoms with Gasteiger partial charge in [-0.25, -0.2) is 14.6 Å². The molecule has 0 aliphatic carbocycles. The summed E-state index contributed by atoms with van der Waals surface area (Å²) in [6.45, 7) is 8.46. The summed E-state index contributed by atoms with van der Waals surface area (Å²) < 4.78 is 1.97. The van der Waals surface area contributed by atoms with Crippen LogP contribution in [-0.2, 0) is 6.54 Å². The Kier molecular flexibility index (Phi) is 6.05. The van der Waals surface area contributed by atoms with E-state index in [9.17, 15) is 5.11 Å². The van der Waals surface area contributed by atoms with Crippen LogP contribution in [0.1, 0.15) is 24.1 Å². The van der Waals surface area contributed by atoms with Crippen LogP contribution in [0, 0.1) is 6.92 Å². The highest BCUT2D eigenvalue weighted by atomic mass is 16.3. The predicted molar refractivity (Wildman–Crippen MR) is 125 cm³/mol. The molecule has 0 amide bonds. The quantitative estimate of drug-likeness (QED) is 0.662. The zero-order chi connectivity index (χ0) is 21.9. The van der Waals surface area contributed by atoms with Crippen LogP contribution in [0.25, 0.3) is 5.69 Å². The Labute approximate surface area is 189 Å². The summed E-state index contributed by atoms with van der Waals surface area (Å²) in [5, 5.41) is 14.6. The number of hydrogen-bond donors (Lipinski definition) is 1. The van der Waals surface area contributed by atoms with E-state index in [0.717, 1.165) is 81.7 Å². The monoisotopic (exact) mass is 433 g/mol. The molecule has 32 heavy (non-hydrogen) atoms. The lowest BCUT2D eigenvalue weighted by atomic mass is 10.1. The highest BCUT2D eigenvalue weighted by Crippen LogP contribution is 2.28. The fourth-order valence-electron chi connectivity index (χ4n) is 4.57. The summed E-state index contributed by atoms with van der Waals surface area (Å²) in [6, 6.07) is 10.3. The Morgan fingerprint density at radius 3 is 2.16 bits per heavy atom. The molecule has 2 aromatic heterocycles. The molecule has 8 nitrogen and oxygen atoms in total. The third-order valence-corrected chi connectivity index (χ3v) is 6.51. The van der Waals surface area contributed by atoms with Gasteiger partial charge < -0.3 is 14.9 Å². The Morgan fingerprint density at radius 1 is 0.875 bits per heavy atom. The van der Waals surface area contributed by atoms with Crippen LogP contribution >= 0.6 is 0 Å². The summed E-state index contributed by atoms with van der Waals surface area (Å²) in [7, 11) is 0. The van der Waals surface area contributed by atoms with Gasteiger partial charge in [0.2, 0.25) is 0 Å². The minimum absolute atomic E-state index is 0.190. The first-order chi connectivity index (χ1) is 15.7. The first kappa shape index (κ1) is 20.9. The zero-order valence-electron chi connectivity index (χ0n) is 18.6. The minimum atomic E-state index is -0.190. The molecule has 1 N–H and O–H groups in total. The van der Waals surface area contributed by atoms with Crippen molar-refractivity contribution >= 4 is 11.6 Å². The lowest BCUT2D eigenvalue weighted by Gasteiger charge is -2.38. The second-order valence-corrected chi connectivity index (χ2v) is 8.70. The van der Waals surface area contributed by atoms with Gasteiger partial charge in [-0.3, -0.25) is 4.90 Å². The number of aryl methyl sites for hydroxylation is 1. The van der Waals surface area contributed by atoms with Crippen LogP contribution < -0.4 is 9.80 Å². The van der Waals surface area contributed by atoms with Gasteiger partial charge in [0.25, 0.3) is 0 Å². The summed E-state index contributed by atoms with van der Waals surface area (Å²) in [6.07, 6.45) is 7.10. The number of anilines is 2. The van der Waals surface area contributed by atoms with Gasteiger partial charge in [0, 0.05) is 70.0 Å². The van der Waals surface area contributed by atoms with Crippen LogP contribution in [0.5, 0.6) is 0 Å². The molecule has 2 aliphatic heterocycles. The van der Waals surface area contributed by atoms with E-state index in [1.54, 1.807) is 12.4 Å². The van der Waals surface area contributed by atoms with Crippen LogP contribution in [0.15, 0.2) is 48.9 Å². The molecule has 0 saturated carbocycles. The molecule has 8 heteroatoms. The number of benzene rings is 1. The number of aromatic nitrogens is 4. The molecule has 2 fully saturated rings. The number of piperidine rings is 1. The molecule has 0 bridgehead atoms. The molecule has 0 unspecified atom stereocenters. The highest BCUT2D eigenvalue weighted by molar-refractivity contribution is 5.62. The zero-order valence-corrected chi connectivity index (χ0v) is 18.6. The Bertz CT molecular complexity index is 1020. The summed E-state index contributed by atoms with van der Waals surface area (Å²) in [5.74, 6) is 1.92. The number of aliphatic hydroxyl groups excluding tert-OH is 1. The number of aliphatic hydroxyl groups is 1. The number of piperazine rings is 1. The first-order valence-electron chi connectivity index (χ1n) is 11.5. The molecule has 0 radical (unpaired) electrons. The number of hydrogen-bond acceptors (Lipinski definition) is 7. The van der Waals surface area contributed by atoms with Crippen molar-refractivity contribution in [3.05, 3.63) is 60.2 Å². The van der Waals surface area contributed by atoms with Gasteiger partial charge in [-0.05, 0) is 31.9 Å². The van der Waals surface area contributed by atoms with Gasteiger partial charge in [0.1, 0.15) is 0 Å². The summed E-state index contributed by atoms with van der Waals surface area (Å²) in [4.78, 5) is 16.4. The fourth-order valence-corrected chi connectivity index (χ4v) is 4.57. The number of rotatable bonds is 5. The molecule has 4 heterocycles. The molecule has 5 rings (SSSR count). The largest absolute Gasteiger partial charge is 0.393 e. The van der Waals surface area contributed by atoms with Crippen LogP contribution in [0.3, 0.4) is 0 Å². The van der Waals surface area contributed by atoms with Gasteiger partial charge in [0.15, 0.2) is 11.6 Å². The van der Waals surface area contributed by atoms with E-state index in [1.165, 1.54) is 5.56 Å². The number of para-hydroxylation sites is 1. The maximum absolute atomic E-state index is 9.84. The molecular formula is C24H31N7O. The minimum Gasteiger partial charge on any atom is -0.393 e. The smallest absolute Gasteiger partial charge is 0.172 e. The second kappa shape index (κ2) is 9.26. The second-order valence-electron chi connectivity index (χ2n) is 8.70. The third-order valence-electron chi connectivity index (χ3n) is 6.51. The van der Waals surface area contributed by atoms with E-state index in [4.69, 9.17) is 5.10 Å². The standard InChI is InChI=1S/C24H31N7O/c1-19-20(18-31(27-19)21-5-3-2-4-6-21)17-28-13-15-30(16-14-28)24-23(25-9-10-26-24)29-11-7-22(32)8-12-29/h2-6,9-10,18,22,32H,7-8,11-17H2,1H3. The molecule has 0 spiro atoms. The van der Waals surface area contributed by atoms with Crippen molar-refractivity contribution in [2.75, 3.05) is 49.1 Å². The average Bonchev–Trinajstić information content (AvgIpc) is 3.21. The van der Waals surface area contributed by atoms with E-state index in [2.05, 4.69) is 49.9 Å². The Morgan fingerprint density at radius 2 is 1.50 bits per heavy atom. The molecule has 2 saturated heterocycles. The number of nitrogens with zero attached hydrogens (tertiary/aromatic N) is 7. The molecule has 0 atom stereocenters. The van der Waals surface area contributed by atoms with Gasteiger partial charge in [0.05, 0.1) is 17.5 Å². The Hall–Kier alpha value is -2.97. The van der Waals surface area contributed by atoms with Gasteiger partial charge in [-0.1, -0.05) is 18.2 Å². The summed E-state index contributed by atoms with van der Waals surface area (Å²) >= 11 is 0. The molecular weight excluding hydrogens is 402 g/mol. The van der Waals surface area contributed by atoms with Crippen LogP contribution in [-0.4, -0.2) is 75.1 Å². The Balaban J connectivity index is 1.23. The van der Waals surface area contributed by atoms with Crippen molar-refractivity contribution in [2.24, 2.45) is 0 Å². The van der Waals surface area contributed by atoms with E-state index in [1.807, 2.05) is 22.9 Å². The van der Waals surface area contributed by atoms with Crippen molar-refractivity contribution in [3.63, 3.8) is 0 Å². The van der Waals surface area contributed by atoms with Crippen LogP contribution in [0.2, 0.25) is 0 Å². The van der Waals surface area contributed by atoms with Crippen molar-refractivity contribution < 1.29 is 5.11 Å². The molecule has 3 aromatic rings. The third kappa shape index (κ3) is 4.47. The van der Waals surface area contributed by atoms with Gasteiger partial charge in [-0.2, -0.15) is 5.10 Å². The predicted octanol–water partition coefficient (Wildman–Crippen LogP) is 2.25. The van der Waals surface area contributed by atoms with Crippen molar-refractivity contribution in [3.8, 4) is 5.69 Å². The van der Waals surface area contributed by atoms with Crippen molar-refractivity contribution in [1.82, 2.24) is 24.6 Å². The maximum Gasteiger partial charge on any atom is 0.172 e. The molecule has 2 aliphatic rings. The highest BCUT2D eigenvalue weighted by Gasteiger charge is 2.26. The summed E-state index contributed by atoms with van der Waals surface area (Å²) in [5.41, 5.74) is 3.45. The SMILES string of the molecule is Cc1nn(-c2ccccc2)cc1CN1CCN(c2nccnc2N2CCC(O)CC2)CC1. The molecule has 168 valence electrons. The van der Waals surface area contributed by atoms with E-state index in [-0.39, 0.29) is 6.10 Å². The maximum atomic E-state index is 9.84. The van der Waals surface area contributed by atoms with Gasteiger partial charge >= 0.3 is 0 Å². The molecule has 1 aromatic carbocycles. The first-order valence-corrected chi connectivity index (χ1v) is 11.5. The van der Waals surface area contributed by atoms with Crippen molar-refractivity contribution in [1.29, 1.82) is 0 Å². The lowest BCUT2D eigenvalue weighted by molar-refractivity contribution is 0.145. The average molecular weight is 434 g/mol. The van der Waals surface area contributed by atoms with Gasteiger partial charge in [-0.15, -0.1) is 0 Å². The van der Waals surface area contributed by atoms with Crippen molar-refractivity contribution in [2.45, 2.75) is 32.4 Å². The normalized spacial score (nSPS) is 18.3. The van der Waals surface area contributed by atoms with Crippen LogP contribution in [0.4, 0.5) is 11.6 Å². The van der Waals surface area contributed by atoms with E-state index >= 15 is 0 Å². The topological polar surface area (TPSA) is 73.6 Å². The lowest BCUT2D eigenvalue weighted by Crippen LogP contribution is -2.47. The fraction of sp³-hybridized carbons (Fsp3) is 0.458. The van der Waals surface area contributed by atoms with E-state index in [0.29, 0.717) is 0 Å².